The highest BCUT2D eigenvalue weighted by Crippen LogP contribution is 2.43. The van der Waals surface area contributed by atoms with E-state index in [0.717, 1.165) is 25.0 Å². The highest BCUT2D eigenvalue weighted by Gasteiger charge is 2.54. The number of nitriles is 1. The molecular formula is C18H28N2O2S3. The van der Waals surface area contributed by atoms with Gasteiger partial charge in [0.15, 0.2) is 0 Å². The molecule has 1 aliphatic rings. The summed E-state index contributed by atoms with van der Waals surface area (Å²) in [5.41, 5.74) is -0.902. The van der Waals surface area contributed by atoms with Crippen LogP contribution in [0, 0.1) is 28.6 Å². The largest absolute Gasteiger partial charge is 0.281 e. The molecule has 2 amide bonds. The Labute approximate surface area is 165 Å². The number of hydrogen-bond donors (Lipinski definition) is 0. The zero-order valence-electron chi connectivity index (χ0n) is 15.7. The summed E-state index contributed by atoms with van der Waals surface area (Å²) < 4.78 is 0.684. The molecule has 1 aliphatic heterocycles. The van der Waals surface area contributed by atoms with E-state index in [-0.39, 0.29) is 11.8 Å². The van der Waals surface area contributed by atoms with Crippen molar-refractivity contribution >= 4 is 51.1 Å². The van der Waals surface area contributed by atoms with Crippen LogP contribution < -0.4 is 0 Å². The molecule has 0 aliphatic carbocycles. The molecule has 7 heteroatoms. The number of imide groups is 1. The number of nitrogens with zero attached hydrogens (tertiary/aromatic N) is 2. The lowest BCUT2D eigenvalue weighted by Crippen LogP contribution is -2.36. The van der Waals surface area contributed by atoms with Crippen molar-refractivity contribution in [2.75, 3.05) is 12.3 Å². The van der Waals surface area contributed by atoms with Crippen molar-refractivity contribution in [2.45, 2.75) is 59.1 Å². The van der Waals surface area contributed by atoms with E-state index in [1.165, 1.54) is 16.7 Å². The van der Waals surface area contributed by atoms with E-state index in [4.69, 9.17) is 12.2 Å². The van der Waals surface area contributed by atoms with Crippen molar-refractivity contribution in [3.63, 3.8) is 0 Å². The maximum absolute atomic E-state index is 12.9. The van der Waals surface area contributed by atoms with Gasteiger partial charge in [-0.1, -0.05) is 51.2 Å². The molecule has 1 fully saturated rings. The lowest BCUT2D eigenvalue weighted by Gasteiger charge is -2.25. The highest BCUT2D eigenvalue weighted by atomic mass is 32.2. The fourth-order valence-corrected chi connectivity index (χ4v) is 5.64. The molecular weight excluding hydrogens is 372 g/mol. The van der Waals surface area contributed by atoms with E-state index in [0.29, 0.717) is 16.0 Å². The van der Waals surface area contributed by atoms with Crippen molar-refractivity contribution < 1.29 is 9.59 Å². The Hall–Kier alpha value is -0.580. The third-order valence-electron chi connectivity index (χ3n) is 4.28. The van der Waals surface area contributed by atoms with Crippen LogP contribution in [-0.4, -0.2) is 37.8 Å². The van der Waals surface area contributed by atoms with Gasteiger partial charge in [-0.05, 0) is 38.4 Å². The smallest absolute Gasteiger partial charge is 0.243 e. The summed E-state index contributed by atoms with van der Waals surface area (Å²) in [6.07, 6.45) is 2.93. The lowest BCUT2D eigenvalue weighted by atomic mass is 9.79. The maximum atomic E-state index is 12.9. The minimum Gasteiger partial charge on any atom is -0.281 e. The molecule has 0 bridgehead atoms. The standard InChI is InChI=1S/C18H28N2O2S3/c1-6-7-10-24-17(23)25-14-13(18(4,5)11-19)15(21)20(16(14)22)9-8-12(2)3/h12-14H,6-10H2,1-5H3. The Morgan fingerprint density at radius 3 is 2.52 bits per heavy atom. The number of carbonyl (C=O) groups is 2. The number of hydrogen-bond acceptors (Lipinski definition) is 6. The molecule has 4 nitrogen and oxygen atoms in total. The number of thioether (sulfide) groups is 2. The molecule has 1 heterocycles. The van der Waals surface area contributed by atoms with Crippen LogP contribution in [0.1, 0.15) is 53.9 Å². The molecule has 1 saturated heterocycles. The summed E-state index contributed by atoms with van der Waals surface area (Å²) in [4.78, 5) is 27.1. The van der Waals surface area contributed by atoms with E-state index in [1.54, 1.807) is 25.6 Å². The molecule has 0 aromatic carbocycles. The van der Waals surface area contributed by atoms with Crippen molar-refractivity contribution in [2.24, 2.45) is 17.3 Å². The Kier molecular flexibility index (Phi) is 8.93. The number of rotatable bonds is 8. The van der Waals surface area contributed by atoms with Gasteiger partial charge in [-0.15, -0.1) is 11.8 Å². The first kappa shape index (κ1) is 22.5. The van der Waals surface area contributed by atoms with E-state index in [9.17, 15) is 14.9 Å². The highest BCUT2D eigenvalue weighted by molar-refractivity contribution is 8.47. The van der Waals surface area contributed by atoms with Crippen LogP contribution in [0.3, 0.4) is 0 Å². The summed E-state index contributed by atoms with van der Waals surface area (Å²) >= 11 is 8.26. The van der Waals surface area contributed by atoms with Crippen LogP contribution in [-0.2, 0) is 9.59 Å². The van der Waals surface area contributed by atoms with Gasteiger partial charge in [-0.3, -0.25) is 14.5 Å². The Bertz CT molecular complexity index is 555. The van der Waals surface area contributed by atoms with Gasteiger partial charge < -0.3 is 0 Å². The molecule has 1 rings (SSSR count). The zero-order chi connectivity index (χ0) is 19.2. The third kappa shape index (κ3) is 5.97. The van der Waals surface area contributed by atoms with Gasteiger partial charge in [0.05, 0.1) is 17.4 Å². The molecule has 25 heavy (non-hydrogen) atoms. The Morgan fingerprint density at radius 1 is 1.36 bits per heavy atom. The van der Waals surface area contributed by atoms with E-state index in [1.807, 2.05) is 0 Å². The van der Waals surface area contributed by atoms with Crippen LogP contribution in [0.15, 0.2) is 0 Å². The SMILES string of the molecule is CCCCSC(=S)SC1C(=O)N(CCC(C)C)C(=O)C1C(C)(C)C#N. The number of carbonyl (C=O) groups excluding carboxylic acids is 2. The third-order valence-corrected chi connectivity index (χ3v) is 7.21. The summed E-state index contributed by atoms with van der Waals surface area (Å²) in [5.74, 6) is 0.256. The van der Waals surface area contributed by atoms with Gasteiger partial charge in [0.1, 0.15) is 8.78 Å². The molecule has 0 radical (unpaired) electrons. The van der Waals surface area contributed by atoms with Crippen molar-refractivity contribution in [1.29, 1.82) is 5.26 Å². The first-order valence-electron chi connectivity index (χ1n) is 8.75. The average molecular weight is 401 g/mol. The second kappa shape index (κ2) is 9.94. The molecule has 0 saturated carbocycles. The topological polar surface area (TPSA) is 61.2 Å². The second-order valence-corrected chi connectivity index (χ2v) is 10.8. The quantitative estimate of drug-likeness (QED) is 0.340. The molecule has 140 valence electrons. The number of likely N-dealkylation sites (tertiary alicyclic amines) is 1. The molecule has 0 aromatic rings. The van der Waals surface area contributed by atoms with Gasteiger partial charge in [0, 0.05) is 6.54 Å². The first-order chi connectivity index (χ1) is 11.7. The van der Waals surface area contributed by atoms with E-state index < -0.39 is 16.6 Å². The normalized spacial score (nSPS) is 21.1. The minimum atomic E-state index is -0.902. The maximum Gasteiger partial charge on any atom is 0.243 e. The number of amides is 2. The van der Waals surface area contributed by atoms with Crippen molar-refractivity contribution in [3.05, 3.63) is 0 Å². The summed E-state index contributed by atoms with van der Waals surface area (Å²) in [6.45, 7) is 10.1. The summed E-state index contributed by atoms with van der Waals surface area (Å²) in [6, 6.07) is 2.21. The first-order valence-corrected chi connectivity index (χ1v) is 11.0. The monoisotopic (exact) mass is 400 g/mol. The predicted octanol–water partition coefficient (Wildman–Crippen LogP) is 4.49. The Morgan fingerprint density at radius 2 is 2.00 bits per heavy atom. The van der Waals surface area contributed by atoms with Crippen molar-refractivity contribution in [3.8, 4) is 6.07 Å². The molecule has 2 atom stereocenters. The van der Waals surface area contributed by atoms with Crippen LogP contribution in [0.4, 0.5) is 0 Å². The second-order valence-electron chi connectivity index (χ2n) is 7.31. The van der Waals surface area contributed by atoms with Crippen LogP contribution in [0.5, 0.6) is 0 Å². The van der Waals surface area contributed by atoms with Gasteiger partial charge >= 0.3 is 0 Å². The predicted molar refractivity (Wildman–Crippen MR) is 110 cm³/mol. The molecule has 0 aromatic heterocycles. The Balaban J connectivity index is 2.96. The summed E-state index contributed by atoms with van der Waals surface area (Å²) in [7, 11) is 0. The summed E-state index contributed by atoms with van der Waals surface area (Å²) in [5, 5.41) is 8.92. The van der Waals surface area contributed by atoms with Gasteiger partial charge in [0.2, 0.25) is 11.8 Å². The van der Waals surface area contributed by atoms with Gasteiger partial charge in [0.25, 0.3) is 0 Å². The van der Waals surface area contributed by atoms with Crippen LogP contribution in [0.25, 0.3) is 0 Å². The molecule has 2 unspecified atom stereocenters. The van der Waals surface area contributed by atoms with Crippen molar-refractivity contribution in [1.82, 2.24) is 4.90 Å². The average Bonchev–Trinajstić information content (AvgIpc) is 2.76. The lowest BCUT2D eigenvalue weighted by molar-refractivity contribution is -0.140. The molecule has 0 spiro atoms. The number of thiocarbonyl (C=S) groups is 1. The number of unbranched alkanes of at least 4 members (excludes halogenated alkanes) is 1. The van der Waals surface area contributed by atoms with Crippen LogP contribution >= 0.6 is 35.7 Å². The zero-order valence-corrected chi connectivity index (χ0v) is 18.2. The fourth-order valence-electron chi connectivity index (χ4n) is 2.62. The molecule has 0 N–H and O–H groups in total. The van der Waals surface area contributed by atoms with Crippen LogP contribution in [0.2, 0.25) is 0 Å². The van der Waals surface area contributed by atoms with E-state index in [2.05, 4.69) is 26.8 Å². The van der Waals surface area contributed by atoms with E-state index >= 15 is 0 Å². The van der Waals surface area contributed by atoms with Gasteiger partial charge in [-0.25, -0.2) is 0 Å². The fraction of sp³-hybridized carbons (Fsp3) is 0.778. The minimum absolute atomic E-state index is 0.192. The van der Waals surface area contributed by atoms with Gasteiger partial charge in [-0.2, -0.15) is 5.26 Å².